The lowest BCUT2D eigenvalue weighted by Crippen LogP contribution is -2.12. The Balaban J connectivity index is 1.83. The van der Waals surface area contributed by atoms with Crippen LogP contribution in [-0.2, 0) is 0 Å². The summed E-state index contributed by atoms with van der Waals surface area (Å²) in [5.41, 5.74) is 1.98. The Labute approximate surface area is 93.6 Å². The molecule has 0 aromatic rings. The molecule has 0 saturated heterocycles. The van der Waals surface area contributed by atoms with E-state index in [1.54, 1.807) is 0 Å². The van der Waals surface area contributed by atoms with Gasteiger partial charge >= 0.3 is 0 Å². The van der Waals surface area contributed by atoms with Crippen LogP contribution in [0.5, 0.6) is 0 Å². The summed E-state index contributed by atoms with van der Waals surface area (Å²) in [5.74, 6) is 1.45. The zero-order valence-corrected chi connectivity index (χ0v) is 10.3. The minimum Gasteiger partial charge on any atom is -0.393 e. The first kappa shape index (κ1) is 11.2. The van der Waals surface area contributed by atoms with Crippen LogP contribution in [0.1, 0.15) is 52.9 Å². The Morgan fingerprint density at radius 3 is 2.73 bits per heavy atom. The average Bonchev–Trinajstić information content (AvgIpc) is 2.82. The first-order chi connectivity index (χ1) is 7.06. The molecule has 0 heterocycles. The van der Waals surface area contributed by atoms with Crippen LogP contribution in [0.4, 0.5) is 0 Å². The number of rotatable bonds is 4. The van der Waals surface area contributed by atoms with Gasteiger partial charge in [0.1, 0.15) is 0 Å². The van der Waals surface area contributed by atoms with Gasteiger partial charge in [-0.25, -0.2) is 0 Å². The van der Waals surface area contributed by atoms with Crippen LogP contribution in [0.25, 0.3) is 0 Å². The molecule has 0 spiro atoms. The van der Waals surface area contributed by atoms with E-state index < -0.39 is 0 Å². The van der Waals surface area contributed by atoms with Crippen molar-refractivity contribution in [3.63, 3.8) is 0 Å². The second kappa shape index (κ2) is 3.93. The summed E-state index contributed by atoms with van der Waals surface area (Å²) in [6.07, 6.45) is 8.51. The fraction of sp³-hybridized carbons (Fsp3) is 0.857. The van der Waals surface area contributed by atoms with Crippen molar-refractivity contribution in [2.45, 2.75) is 59.0 Å². The summed E-state index contributed by atoms with van der Waals surface area (Å²) >= 11 is 0. The fourth-order valence-corrected chi connectivity index (χ4v) is 3.50. The molecule has 1 N–H and O–H groups in total. The topological polar surface area (TPSA) is 20.2 Å². The largest absolute Gasteiger partial charge is 0.393 e. The van der Waals surface area contributed by atoms with E-state index in [1.807, 2.05) is 0 Å². The normalized spacial score (nSPS) is 39.7. The molecular formula is C14H24O. The van der Waals surface area contributed by atoms with E-state index in [1.165, 1.54) is 31.3 Å². The van der Waals surface area contributed by atoms with Crippen LogP contribution < -0.4 is 0 Å². The third-order valence-electron chi connectivity index (χ3n) is 4.68. The second-order valence-corrected chi connectivity index (χ2v) is 5.91. The predicted octanol–water partition coefficient (Wildman–Crippen LogP) is 3.53. The first-order valence-corrected chi connectivity index (χ1v) is 6.38. The molecule has 2 saturated carbocycles. The van der Waals surface area contributed by atoms with Gasteiger partial charge in [0.15, 0.2) is 0 Å². The quantitative estimate of drug-likeness (QED) is 0.701. The van der Waals surface area contributed by atoms with Crippen molar-refractivity contribution in [1.29, 1.82) is 0 Å². The van der Waals surface area contributed by atoms with Gasteiger partial charge in [0, 0.05) is 0 Å². The van der Waals surface area contributed by atoms with E-state index in [9.17, 15) is 5.11 Å². The standard InChI is InChI=1S/C14H24O/c1-10(2)5-4-6-11(3)14-8-7-13(15)12(14)9-14/h5,11-13,15H,4,6-9H2,1-3H3/t11-,12-,13-,14-/m1/s1. The van der Waals surface area contributed by atoms with E-state index in [0.717, 1.165) is 12.3 Å². The molecule has 4 atom stereocenters. The number of fused-ring (bicyclic) bond motifs is 1. The third-order valence-corrected chi connectivity index (χ3v) is 4.68. The summed E-state index contributed by atoms with van der Waals surface area (Å²) in [6, 6.07) is 0. The third kappa shape index (κ3) is 1.99. The summed E-state index contributed by atoms with van der Waals surface area (Å²) < 4.78 is 0. The maximum atomic E-state index is 9.76. The van der Waals surface area contributed by atoms with Crippen LogP contribution >= 0.6 is 0 Å². The summed E-state index contributed by atoms with van der Waals surface area (Å²) in [4.78, 5) is 0. The van der Waals surface area contributed by atoms with Crippen LogP contribution in [0, 0.1) is 17.3 Å². The molecule has 0 bridgehead atoms. The molecular weight excluding hydrogens is 184 g/mol. The highest BCUT2D eigenvalue weighted by Crippen LogP contribution is 2.68. The predicted molar refractivity (Wildman–Crippen MR) is 63.6 cm³/mol. The first-order valence-electron chi connectivity index (χ1n) is 6.38. The van der Waals surface area contributed by atoms with E-state index >= 15 is 0 Å². The van der Waals surface area contributed by atoms with Crippen LogP contribution in [-0.4, -0.2) is 11.2 Å². The highest BCUT2D eigenvalue weighted by Gasteiger charge is 2.63. The zero-order valence-electron chi connectivity index (χ0n) is 10.3. The van der Waals surface area contributed by atoms with Gasteiger partial charge in [0.25, 0.3) is 0 Å². The molecule has 0 aliphatic heterocycles. The lowest BCUT2D eigenvalue weighted by Gasteiger charge is -2.20. The Hall–Kier alpha value is -0.300. The van der Waals surface area contributed by atoms with Crippen molar-refractivity contribution in [1.82, 2.24) is 0 Å². The molecule has 1 heteroatoms. The molecule has 0 radical (unpaired) electrons. The number of hydrogen-bond acceptors (Lipinski definition) is 1. The van der Waals surface area contributed by atoms with Crippen molar-refractivity contribution >= 4 is 0 Å². The Morgan fingerprint density at radius 1 is 1.53 bits per heavy atom. The van der Waals surface area contributed by atoms with Gasteiger partial charge < -0.3 is 5.11 Å². The highest BCUT2D eigenvalue weighted by molar-refractivity contribution is 5.12. The molecule has 0 aromatic heterocycles. The van der Waals surface area contributed by atoms with Gasteiger partial charge in [-0.15, -0.1) is 0 Å². The maximum Gasteiger partial charge on any atom is 0.0574 e. The van der Waals surface area contributed by atoms with E-state index in [0.29, 0.717) is 11.3 Å². The van der Waals surface area contributed by atoms with Gasteiger partial charge in [0.2, 0.25) is 0 Å². The number of aliphatic hydroxyl groups excluding tert-OH is 1. The molecule has 1 nitrogen and oxygen atoms in total. The minimum atomic E-state index is 0.0240. The smallest absolute Gasteiger partial charge is 0.0574 e. The number of aliphatic hydroxyl groups is 1. The van der Waals surface area contributed by atoms with E-state index in [-0.39, 0.29) is 6.10 Å². The van der Waals surface area contributed by atoms with Gasteiger partial charge in [0.05, 0.1) is 6.10 Å². The minimum absolute atomic E-state index is 0.0240. The molecule has 0 unspecified atom stereocenters. The molecule has 86 valence electrons. The summed E-state index contributed by atoms with van der Waals surface area (Å²) in [7, 11) is 0. The number of hydrogen-bond donors (Lipinski definition) is 1. The SMILES string of the molecule is CC(C)=CCC[C@@H](C)[C@]12CC[C@@H](O)[C@H]1C2. The monoisotopic (exact) mass is 208 g/mol. The molecule has 0 amide bonds. The van der Waals surface area contributed by atoms with Crippen LogP contribution in [0.15, 0.2) is 11.6 Å². The molecule has 2 fully saturated rings. The Bertz CT molecular complexity index is 265. The second-order valence-electron chi connectivity index (χ2n) is 5.91. The van der Waals surface area contributed by atoms with Gasteiger partial charge in [-0.3, -0.25) is 0 Å². The van der Waals surface area contributed by atoms with Crippen molar-refractivity contribution in [3.05, 3.63) is 11.6 Å². The Morgan fingerprint density at radius 2 is 2.27 bits per heavy atom. The average molecular weight is 208 g/mol. The summed E-state index contributed by atoms with van der Waals surface area (Å²) in [6.45, 7) is 6.72. The molecule has 2 rings (SSSR count). The zero-order chi connectivity index (χ0) is 11.1. The lowest BCUT2D eigenvalue weighted by atomic mass is 9.85. The van der Waals surface area contributed by atoms with E-state index in [2.05, 4.69) is 26.8 Å². The van der Waals surface area contributed by atoms with Crippen molar-refractivity contribution in [2.75, 3.05) is 0 Å². The van der Waals surface area contributed by atoms with Gasteiger partial charge in [-0.1, -0.05) is 18.6 Å². The van der Waals surface area contributed by atoms with E-state index in [4.69, 9.17) is 0 Å². The number of allylic oxidation sites excluding steroid dienone is 2. The summed E-state index contributed by atoms with van der Waals surface area (Å²) in [5, 5.41) is 9.76. The fourth-order valence-electron chi connectivity index (χ4n) is 3.50. The molecule has 2 aliphatic rings. The maximum absolute atomic E-state index is 9.76. The van der Waals surface area contributed by atoms with Crippen molar-refractivity contribution in [2.24, 2.45) is 17.3 Å². The van der Waals surface area contributed by atoms with Gasteiger partial charge in [-0.05, 0) is 63.2 Å². The lowest BCUT2D eigenvalue weighted by molar-refractivity contribution is 0.156. The van der Waals surface area contributed by atoms with Crippen LogP contribution in [0.2, 0.25) is 0 Å². The highest BCUT2D eigenvalue weighted by atomic mass is 16.3. The Kier molecular flexibility index (Phi) is 2.94. The van der Waals surface area contributed by atoms with Crippen molar-refractivity contribution < 1.29 is 5.11 Å². The van der Waals surface area contributed by atoms with Crippen molar-refractivity contribution in [3.8, 4) is 0 Å². The van der Waals surface area contributed by atoms with Gasteiger partial charge in [-0.2, -0.15) is 0 Å². The van der Waals surface area contributed by atoms with Crippen LogP contribution in [0.3, 0.4) is 0 Å². The molecule has 2 aliphatic carbocycles. The molecule has 0 aromatic carbocycles. The molecule has 15 heavy (non-hydrogen) atoms.